The fourth-order valence-electron chi connectivity index (χ4n) is 2.64. The van der Waals surface area contributed by atoms with Crippen LogP contribution < -0.4 is 5.73 Å². The van der Waals surface area contributed by atoms with Crippen LogP contribution in [0.5, 0.6) is 0 Å². The SMILES string of the molecule is CN1CCOC(CN(CC(N)=O)C(=O)C2=NN(C)C(=O)CC2)C1. The second-order valence-corrected chi connectivity index (χ2v) is 5.87. The van der Waals surface area contributed by atoms with Crippen LogP contribution in [0.15, 0.2) is 5.10 Å². The number of nitrogens with two attached hydrogens (primary N) is 1. The first-order valence-electron chi connectivity index (χ1n) is 7.58. The van der Waals surface area contributed by atoms with Crippen molar-refractivity contribution in [1.29, 1.82) is 0 Å². The van der Waals surface area contributed by atoms with Crippen LogP contribution in [0.3, 0.4) is 0 Å². The summed E-state index contributed by atoms with van der Waals surface area (Å²) in [6.07, 6.45) is 0.317. The summed E-state index contributed by atoms with van der Waals surface area (Å²) in [7, 11) is 3.48. The zero-order valence-electron chi connectivity index (χ0n) is 13.5. The first kappa shape index (κ1) is 17.4. The summed E-state index contributed by atoms with van der Waals surface area (Å²) in [6.45, 7) is 2.16. The Labute approximate surface area is 135 Å². The molecule has 0 aromatic heterocycles. The molecule has 2 rings (SSSR count). The Morgan fingerprint density at radius 3 is 2.74 bits per heavy atom. The number of rotatable bonds is 5. The Balaban J connectivity index is 2.07. The highest BCUT2D eigenvalue weighted by molar-refractivity contribution is 6.39. The topological polar surface area (TPSA) is 109 Å². The lowest BCUT2D eigenvalue weighted by Crippen LogP contribution is -2.51. The first-order chi connectivity index (χ1) is 10.9. The number of ether oxygens (including phenoxy) is 1. The number of carbonyl (C=O) groups is 3. The molecule has 1 unspecified atom stereocenters. The van der Waals surface area contributed by atoms with Gasteiger partial charge >= 0.3 is 0 Å². The van der Waals surface area contributed by atoms with Crippen molar-refractivity contribution in [3.8, 4) is 0 Å². The molecule has 2 aliphatic rings. The Kier molecular flexibility index (Phi) is 5.67. The van der Waals surface area contributed by atoms with Crippen molar-refractivity contribution >= 4 is 23.4 Å². The summed E-state index contributed by atoms with van der Waals surface area (Å²) in [4.78, 5) is 38.8. The number of hydrogen-bond donors (Lipinski definition) is 1. The van der Waals surface area contributed by atoms with Gasteiger partial charge in [-0.1, -0.05) is 0 Å². The largest absolute Gasteiger partial charge is 0.374 e. The molecular weight excluding hydrogens is 302 g/mol. The zero-order chi connectivity index (χ0) is 17.0. The molecule has 128 valence electrons. The van der Waals surface area contributed by atoms with Gasteiger partial charge in [-0.2, -0.15) is 5.10 Å². The van der Waals surface area contributed by atoms with Gasteiger partial charge in [-0.3, -0.25) is 14.4 Å². The molecule has 0 bridgehead atoms. The standard InChI is InChI=1S/C14H23N5O4/c1-17-5-6-23-10(7-17)8-19(9-12(15)20)14(22)11-3-4-13(21)18(2)16-11/h10H,3-9H2,1-2H3,(H2,15,20). The van der Waals surface area contributed by atoms with Gasteiger partial charge in [0.2, 0.25) is 11.8 Å². The molecule has 23 heavy (non-hydrogen) atoms. The second-order valence-electron chi connectivity index (χ2n) is 5.87. The van der Waals surface area contributed by atoms with Gasteiger partial charge in [-0.15, -0.1) is 0 Å². The highest BCUT2D eigenvalue weighted by Gasteiger charge is 2.29. The van der Waals surface area contributed by atoms with Gasteiger partial charge in [-0.25, -0.2) is 5.01 Å². The van der Waals surface area contributed by atoms with E-state index >= 15 is 0 Å². The van der Waals surface area contributed by atoms with Gasteiger partial charge in [0.15, 0.2) is 0 Å². The fraction of sp³-hybridized carbons (Fsp3) is 0.714. The van der Waals surface area contributed by atoms with Crippen LogP contribution in [-0.2, 0) is 19.1 Å². The van der Waals surface area contributed by atoms with Crippen molar-refractivity contribution in [3.63, 3.8) is 0 Å². The van der Waals surface area contributed by atoms with Crippen LogP contribution in [0.1, 0.15) is 12.8 Å². The normalized spacial score (nSPS) is 22.7. The molecule has 0 spiro atoms. The molecule has 1 saturated heterocycles. The van der Waals surface area contributed by atoms with E-state index in [4.69, 9.17) is 10.5 Å². The maximum atomic E-state index is 12.6. The summed E-state index contributed by atoms with van der Waals surface area (Å²) in [5.41, 5.74) is 5.52. The van der Waals surface area contributed by atoms with E-state index in [1.54, 1.807) is 0 Å². The summed E-state index contributed by atoms with van der Waals surface area (Å²) in [5.74, 6) is -1.11. The number of nitrogens with zero attached hydrogens (tertiary/aromatic N) is 4. The van der Waals surface area contributed by atoms with E-state index in [0.29, 0.717) is 13.2 Å². The van der Waals surface area contributed by atoms with Gasteiger partial charge in [0.1, 0.15) is 5.71 Å². The summed E-state index contributed by atoms with van der Waals surface area (Å²) < 4.78 is 5.64. The van der Waals surface area contributed by atoms with E-state index in [1.165, 1.54) is 11.9 Å². The maximum Gasteiger partial charge on any atom is 0.270 e. The minimum Gasteiger partial charge on any atom is -0.374 e. The van der Waals surface area contributed by atoms with E-state index in [1.807, 2.05) is 7.05 Å². The lowest BCUT2D eigenvalue weighted by atomic mass is 10.1. The molecule has 2 aliphatic heterocycles. The van der Waals surface area contributed by atoms with Gasteiger partial charge in [0.25, 0.3) is 5.91 Å². The monoisotopic (exact) mass is 325 g/mol. The molecule has 1 fully saturated rings. The zero-order valence-corrected chi connectivity index (χ0v) is 13.5. The molecule has 2 heterocycles. The number of amides is 3. The number of primary amides is 1. The summed E-state index contributed by atoms with van der Waals surface area (Å²) in [5, 5.41) is 5.16. The van der Waals surface area contributed by atoms with Gasteiger partial charge in [0, 0.05) is 39.5 Å². The predicted octanol–water partition coefficient (Wildman–Crippen LogP) is -1.76. The molecule has 1 atom stereocenters. The molecule has 9 heteroatoms. The Morgan fingerprint density at radius 2 is 2.13 bits per heavy atom. The highest BCUT2D eigenvalue weighted by atomic mass is 16.5. The summed E-state index contributed by atoms with van der Waals surface area (Å²) >= 11 is 0. The number of likely N-dealkylation sites (N-methyl/N-ethyl adjacent to an activating group) is 1. The van der Waals surface area contributed by atoms with Crippen molar-refractivity contribution in [3.05, 3.63) is 0 Å². The van der Waals surface area contributed by atoms with Crippen molar-refractivity contribution in [1.82, 2.24) is 14.8 Å². The third kappa shape index (κ3) is 4.73. The van der Waals surface area contributed by atoms with Crippen molar-refractivity contribution in [2.45, 2.75) is 18.9 Å². The van der Waals surface area contributed by atoms with Crippen molar-refractivity contribution in [2.75, 3.05) is 46.9 Å². The van der Waals surface area contributed by atoms with E-state index in [2.05, 4.69) is 10.0 Å². The molecule has 2 N–H and O–H groups in total. The van der Waals surface area contributed by atoms with Gasteiger partial charge in [0.05, 0.1) is 19.3 Å². The average molecular weight is 325 g/mol. The van der Waals surface area contributed by atoms with Crippen molar-refractivity contribution < 1.29 is 19.1 Å². The van der Waals surface area contributed by atoms with Gasteiger partial charge < -0.3 is 20.3 Å². The number of hydrazone groups is 1. The quantitative estimate of drug-likeness (QED) is 0.644. The first-order valence-corrected chi connectivity index (χ1v) is 7.58. The minimum atomic E-state index is -0.594. The second kappa shape index (κ2) is 7.51. The lowest BCUT2D eigenvalue weighted by Gasteiger charge is -2.34. The van der Waals surface area contributed by atoms with E-state index in [0.717, 1.165) is 11.6 Å². The van der Waals surface area contributed by atoms with E-state index in [-0.39, 0.29) is 49.6 Å². The molecule has 0 aromatic carbocycles. The Morgan fingerprint density at radius 1 is 1.39 bits per heavy atom. The number of morpholine rings is 1. The average Bonchev–Trinajstić information content (AvgIpc) is 2.48. The van der Waals surface area contributed by atoms with Crippen LogP contribution in [0.2, 0.25) is 0 Å². The fourth-order valence-corrected chi connectivity index (χ4v) is 2.64. The van der Waals surface area contributed by atoms with Crippen LogP contribution in [0.4, 0.5) is 0 Å². The number of carbonyl (C=O) groups excluding carboxylic acids is 3. The Hall–Kier alpha value is -2.00. The number of hydrogen-bond acceptors (Lipinski definition) is 6. The van der Waals surface area contributed by atoms with Crippen LogP contribution >= 0.6 is 0 Å². The third-order valence-electron chi connectivity index (χ3n) is 3.85. The van der Waals surface area contributed by atoms with E-state index in [9.17, 15) is 14.4 Å². The Bertz CT molecular complexity index is 521. The molecule has 0 saturated carbocycles. The lowest BCUT2D eigenvalue weighted by molar-refractivity contribution is -0.134. The van der Waals surface area contributed by atoms with Crippen LogP contribution in [0, 0.1) is 0 Å². The summed E-state index contributed by atoms with van der Waals surface area (Å²) in [6, 6.07) is 0. The smallest absolute Gasteiger partial charge is 0.270 e. The molecule has 0 aliphatic carbocycles. The van der Waals surface area contributed by atoms with E-state index < -0.39 is 5.91 Å². The molecule has 9 nitrogen and oxygen atoms in total. The maximum absolute atomic E-state index is 12.6. The molecule has 0 aromatic rings. The highest BCUT2D eigenvalue weighted by Crippen LogP contribution is 2.11. The minimum absolute atomic E-state index is 0.139. The molecular formula is C14H23N5O4. The van der Waals surface area contributed by atoms with Crippen molar-refractivity contribution in [2.24, 2.45) is 10.8 Å². The van der Waals surface area contributed by atoms with Crippen LogP contribution in [0.25, 0.3) is 0 Å². The molecule has 0 radical (unpaired) electrons. The van der Waals surface area contributed by atoms with Crippen LogP contribution in [-0.4, -0.2) is 91.2 Å². The predicted molar refractivity (Wildman–Crippen MR) is 82.5 cm³/mol. The third-order valence-corrected chi connectivity index (χ3v) is 3.85. The molecule has 3 amide bonds. The van der Waals surface area contributed by atoms with Gasteiger partial charge in [-0.05, 0) is 7.05 Å².